The molecular weight excluding hydrogens is 323 g/mol. The minimum atomic E-state index is -0.485. The van der Waals surface area contributed by atoms with E-state index in [0.717, 1.165) is 21.3 Å². The van der Waals surface area contributed by atoms with Crippen LogP contribution in [0.4, 0.5) is 4.39 Å². The Balaban J connectivity index is 2.22. The Hall–Kier alpha value is -2.71. The number of fused-ring (bicyclic) bond motifs is 1. The topological polar surface area (TPSA) is 34.4 Å². The quantitative estimate of drug-likeness (QED) is 0.654. The smallest absolute Gasteiger partial charge is 0.279 e. The van der Waals surface area contributed by atoms with E-state index < -0.39 is 11.7 Å². The highest BCUT2D eigenvalue weighted by Gasteiger charge is 2.11. The summed E-state index contributed by atoms with van der Waals surface area (Å²) in [6.45, 7) is 4.35. The van der Waals surface area contributed by atoms with Crippen LogP contribution in [-0.4, -0.2) is 10.5 Å². The molecule has 24 heavy (non-hydrogen) atoms. The van der Waals surface area contributed by atoms with Crippen molar-refractivity contribution < 1.29 is 9.18 Å². The van der Waals surface area contributed by atoms with Crippen LogP contribution >= 0.6 is 11.3 Å². The molecule has 120 valence electrons. The molecule has 0 aliphatic rings. The second-order valence-corrected chi connectivity index (χ2v) is 6.54. The van der Waals surface area contributed by atoms with Crippen LogP contribution in [-0.2, 0) is 6.54 Å². The Bertz CT molecular complexity index is 1050. The van der Waals surface area contributed by atoms with Gasteiger partial charge in [0, 0.05) is 5.56 Å². The van der Waals surface area contributed by atoms with Crippen molar-refractivity contribution in [3.8, 4) is 12.3 Å². The first-order chi connectivity index (χ1) is 11.5. The number of amides is 1. The number of carbonyl (C=O) groups is 1. The molecule has 0 fully saturated rings. The van der Waals surface area contributed by atoms with Gasteiger partial charge in [0.25, 0.3) is 5.91 Å². The summed E-state index contributed by atoms with van der Waals surface area (Å²) in [5.41, 5.74) is 3.41. The average molecular weight is 338 g/mol. The maximum Gasteiger partial charge on any atom is 0.279 e. The van der Waals surface area contributed by atoms with Gasteiger partial charge in [0.15, 0.2) is 4.80 Å². The zero-order chi connectivity index (χ0) is 17.3. The standard InChI is InChI=1S/C19H15FN2OS/c1-4-8-22-17-13(3)9-12(2)10-16(17)24-19(22)21-18(23)14-6-5-7-15(20)11-14/h1,5-7,9-11H,8H2,2-3H3. The van der Waals surface area contributed by atoms with Crippen LogP contribution in [0, 0.1) is 32.0 Å². The van der Waals surface area contributed by atoms with Gasteiger partial charge < -0.3 is 4.57 Å². The van der Waals surface area contributed by atoms with Gasteiger partial charge in [-0.2, -0.15) is 4.99 Å². The Labute approximate surface area is 143 Å². The van der Waals surface area contributed by atoms with E-state index in [4.69, 9.17) is 6.42 Å². The number of aromatic nitrogens is 1. The summed E-state index contributed by atoms with van der Waals surface area (Å²) in [6.07, 6.45) is 5.48. The molecule has 0 spiro atoms. The molecule has 0 atom stereocenters. The normalized spacial score (nSPS) is 11.7. The summed E-state index contributed by atoms with van der Waals surface area (Å²) in [5, 5.41) is 0. The number of hydrogen-bond acceptors (Lipinski definition) is 2. The van der Waals surface area contributed by atoms with Crippen LogP contribution in [0.5, 0.6) is 0 Å². The Kier molecular flexibility index (Phi) is 4.32. The summed E-state index contributed by atoms with van der Waals surface area (Å²) < 4.78 is 16.2. The van der Waals surface area contributed by atoms with E-state index in [1.54, 1.807) is 6.07 Å². The van der Waals surface area contributed by atoms with Gasteiger partial charge in [-0.25, -0.2) is 4.39 Å². The molecule has 2 aromatic carbocycles. The van der Waals surface area contributed by atoms with Gasteiger partial charge in [0.05, 0.1) is 16.8 Å². The van der Waals surface area contributed by atoms with Gasteiger partial charge in [-0.05, 0) is 49.2 Å². The first-order valence-corrected chi connectivity index (χ1v) is 8.20. The van der Waals surface area contributed by atoms with Crippen molar-refractivity contribution in [3.05, 3.63) is 63.7 Å². The molecule has 0 N–H and O–H groups in total. The van der Waals surface area contributed by atoms with Crippen LogP contribution in [0.1, 0.15) is 21.5 Å². The molecule has 3 nitrogen and oxygen atoms in total. The van der Waals surface area contributed by atoms with E-state index in [1.165, 1.54) is 29.5 Å². The van der Waals surface area contributed by atoms with Crippen molar-refractivity contribution in [2.45, 2.75) is 20.4 Å². The maximum atomic E-state index is 13.3. The lowest BCUT2D eigenvalue weighted by Gasteiger charge is -2.04. The van der Waals surface area contributed by atoms with Crippen molar-refractivity contribution in [1.82, 2.24) is 4.57 Å². The molecule has 1 amide bonds. The van der Waals surface area contributed by atoms with Crippen LogP contribution in [0.2, 0.25) is 0 Å². The number of hydrogen-bond donors (Lipinski definition) is 0. The van der Waals surface area contributed by atoms with Crippen LogP contribution < -0.4 is 4.80 Å². The molecule has 5 heteroatoms. The highest BCUT2D eigenvalue weighted by atomic mass is 32.1. The summed E-state index contributed by atoms with van der Waals surface area (Å²) in [7, 11) is 0. The van der Waals surface area contributed by atoms with Crippen molar-refractivity contribution in [2.24, 2.45) is 4.99 Å². The number of thiazole rings is 1. The zero-order valence-corrected chi connectivity index (χ0v) is 14.2. The van der Waals surface area contributed by atoms with Gasteiger partial charge in [0.2, 0.25) is 0 Å². The largest absolute Gasteiger partial charge is 0.304 e. The van der Waals surface area contributed by atoms with E-state index in [0.29, 0.717) is 11.3 Å². The molecule has 0 aliphatic carbocycles. The van der Waals surface area contributed by atoms with E-state index in [1.807, 2.05) is 24.5 Å². The number of benzene rings is 2. The Morgan fingerprint density at radius 1 is 1.33 bits per heavy atom. The summed E-state index contributed by atoms with van der Waals surface area (Å²) in [5.74, 6) is 1.66. The van der Waals surface area contributed by atoms with Crippen LogP contribution in [0.25, 0.3) is 10.2 Å². The molecule has 0 bridgehead atoms. The first kappa shape index (κ1) is 16.2. The fourth-order valence-corrected chi connectivity index (χ4v) is 3.89. The third kappa shape index (κ3) is 3.01. The summed E-state index contributed by atoms with van der Waals surface area (Å²) >= 11 is 1.41. The molecule has 0 saturated carbocycles. The fraction of sp³-hybridized carbons (Fsp3) is 0.158. The van der Waals surface area contributed by atoms with Crippen LogP contribution in [0.3, 0.4) is 0 Å². The number of carbonyl (C=O) groups excluding carboxylic acids is 1. The van der Waals surface area contributed by atoms with Gasteiger partial charge >= 0.3 is 0 Å². The Morgan fingerprint density at radius 2 is 2.12 bits per heavy atom. The first-order valence-electron chi connectivity index (χ1n) is 7.38. The van der Waals surface area contributed by atoms with Gasteiger partial charge in [-0.3, -0.25) is 4.79 Å². The molecule has 1 aromatic heterocycles. The number of rotatable bonds is 2. The average Bonchev–Trinajstić information content (AvgIpc) is 2.85. The second-order valence-electron chi connectivity index (χ2n) is 5.53. The monoisotopic (exact) mass is 338 g/mol. The highest BCUT2D eigenvalue weighted by Crippen LogP contribution is 2.23. The number of halogens is 1. The van der Waals surface area contributed by atoms with Crippen molar-refractivity contribution in [2.75, 3.05) is 0 Å². The van der Waals surface area contributed by atoms with E-state index in [9.17, 15) is 9.18 Å². The minimum Gasteiger partial charge on any atom is -0.304 e. The van der Waals surface area contributed by atoms with Gasteiger partial charge in [0.1, 0.15) is 5.82 Å². The van der Waals surface area contributed by atoms with Crippen molar-refractivity contribution in [1.29, 1.82) is 0 Å². The maximum absolute atomic E-state index is 13.3. The third-order valence-electron chi connectivity index (χ3n) is 3.63. The number of aryl methyl sites for hydroxylation is 2. The zero-order valence-electron chi connectivity index (χ0n) is 13.3. The third-order valence-corrected chi connectivity index (χ3v) is 4.66. The summed E-state index contributed by atoms with van der Waals surface area (Å²) in [4.78, 5) is 17.1. The number of terminal acetylenes is 1. The molecule has 0 unspecified atom stereocenters. The molecular formula is C19H15FN2OS. The lowest BCUT2D eigenvalue weighted by molar-refractivity contribution is 0.0997. The lowest BCUT2D eigenvalue weighted by atomic mass is 10.1. The Morgan fingerprint density at radius 3 is 2.83 bits per heavy atom. The predicted molar refractivity (Wildman–Crippen MR) is 94.4 cm³/mol. The van der Waals surface area contributed by atoms with Gasteiger partial charge in [-0.15, -0.1) is 6.42 Å². The molecule has 1 heterocycles. The minimum absolute atomic E-state index is 0.215. The second kappa shape index (κ2) is 6.42. The number of nitrogens with zero attached hydrogens (tertiary/aromatic N) is 2. The molecule has 3 rings (SSSR count). The predicted octanol–water partition coefficient (Wildman–Crippen LogP) is 3.83. The molecule has 0 saturated heterocycles. The van der Waals surface area contributed by atoms with E-state index in [2.05, 4.69) is 17.0 Å². The molecule has 0 aliphatic heterocycles. The lowest BCUT2D eigenvalue weighted by Crippen LogP contribution is -2.17. The molecule has 3 aromatic rings. The summed E-state index contributed by atoms with van der Waals surface area (Å²) in [6, 6.07) is 9.63. The van der Waals surface area contributed by atoms with E-state index >= 15 is 0 Å². The van der Waals surface area contributed by atoms with Crippen molar-refractivity contribution in [3.63, 3.8) is 0 Å². The van der Waals surface area contributed by atoms with E-state index in [-0.39, 0.29) is 5.56 Å². The van der Waals surface area contributed by atoms with Crippen LogP contribution in [0.15, 0.2) is 41.4 Å². The molecule has 0 radical (unpaired) electrons. The highest BCUT2D eigenvalue weighted by molar-refractivity contribution is 7.16. The van der Waals surface area contributed by atoms with Gasteiger partial charge in [-0.1, -0.05) is 29.4 Å². The fourth-order valence-electron chi connectivity index (χ4n) is 2.69. The SMILES string of the molecule is C#CCn1c(=NC(=O)c2cccc(F)c2)sc2cc(C)cc(C)c21. The van der Waals surface area contributed by atoms with Crippen molar-refractivity contribution >= 4 is 27.5 Å².